The van der Waals surface area contributed by atoms with Gasteiger partial charge in [0.05, 0.1) is 6.61 Å². The molecule has 0 amide bonds. The molecule has 3 fully saturated rings. The van der Waals surface area contributed by atoms with E-state index in [4.69, 9.17) is 9.47 Å². The molecule has 4 heteroatoms. The van der Waals surface area contributed by atoms with E-state index in [2.05, 4.69) is 34.5 Å². The van der Waals surface area contributed by atoms with Gasteiger partial charge in [0, 0.05) is 26.2 Å². The van der Waals surface area contributed by atoms with E-state index >= 15 is 0 Å². The van der Waals surface area contributed by atoms with Gasteiger partial charge >= 0.3 is 0 Å². The minimum Gasteiger partial charge on any atom is -0.491 e. The van der Waals surface area contributed by atoms with Crippen molar-refractivity contribution in [3.8, 4) is 5.75 Å². The minimum atomic E-state index is 0.630. The van der Waals surface area contributed by atoms with Crippen LogP contribution < -0.4 is 10.1 Å². The van der Waals surface area contributed by atoms with E-state index in [0.29, 0.717) is 24.5 Å². The zero-order valence-corrected chi connectivity index (χ0v) is 15.5. The average molecular weight is 344 g/mol. The highest BCUT2D eigenvalue weighted by Gasteiger charge is 2.45. The fraction of sp³-hybridized carbons (Fsp3) is 0.714. The monoisotopic (exact) mass is 344 g/mol. The number of nitrogens with zero attached hydrogens (tertiary/aromatic N) is 1. The second-order valence-electron chi connectivity index (χ2n) is 8.19. The van der Waals surface area contributed by atoms with E-state index in [1.807, 2.05) is 0 Å². The standard InChI is InChI=1S/C21H32N2O2/c1-24-12-13-25-20-5-3-2-4-19(20)17-7-10-23(11-8-17)18-6-9-21(14-18)15-22-16-21/h2-5,17-18,22H,6-16H2,1H3/t18-/m1/s1. The summed E-state index contributed by atoms with van der Waals surface area (Å²) < 4.78 is 11.1. The van der Waals surface area contributed by atoms with Crippen LogP contribution >= 0.6 is 0 Å². The van der Waals surface area contributed by atoms with E-state index in [1.54, 1.807) is 7.11 Å². The summed E-state index contributed by atoms with van der Waals surface area (Å²) in [4.78, 5) is 2.78. The number of methoxy groups -OCH3 is 1. The summed E-state index contributed by atoms with van der Waals surface area (Å²) in [5.41, 5.74) is 2.05. The Labute approximate surface area is 151 Å². The van der Waals surface area contributed by atoms with E-state index in [9.17, 15) is 0 Å². The average Bonchev–Trinajstić information content (AvgIpc) is 3.09. The summed E-state index contributed by atoms with van der Waals surface area (Å²) in [6.45, 7) is 6.27. The van der Waals surface area contributed by atoms with Gasteiger partial charge in [-0.3, -0.25) is 0 Å². The lowest BCUT2D eigenvalue weighted by Crippen LogP contribution is -2.52. The molecule has 0 bridgehead atoms. The highest BCUT2D eigenvalue weighted by Crippen LogP contribution is 2.44. The second-order valence-corrected chi connectivity index (χ2v) is 8.19. The third kappa shape index (κ3) is 3.71. The van der Waals surface area contributed by atoms with Gasteiger partial charge < -0.3 is 19.7 Å². The van der Waals surface area contributed by atoms with Gasteiger partial charge in [0.1, 0.15) is 12.4 Å². The van der Waals surface area contributed by atoms with Crippen LogP contribution in [0.25, 0.3) is 0 Å². The summed E-state index contributed by atoms with van der Waals surface area (Å²) in [5.74, 6) is 1.69. The third-order valence-electron chi connectivity index (χ3n) is 6.63. The number of hydrogen-bond donors (Lipinski definition) is 1. The first-order chi connectivity index (χ1) is 12.3. The largest absolute Gasteiger partial charge is 0.491 e. The number of piperidine rings is 1. The van der Waals surface area contributed by atoms with Crippen molar-refractivity contribution in [3.63, 3.8) is 0 Å². The van der Waals surface area contributed by atoms with Gasteiger partial charge in [-0.2, -0.15) is 0 Å². The van der Waals surface area contributed by atoms with Gasteiger partial charge in [-0.25, -0.2) is 0 Å². The maximum atomic E-state index is 5.96. The SMILES string of the molecule is COCCOc1ccccc1C1CCN([C@@H]2CCC3(CNC3)C2)CC1. The van der Waals surface area contributed by atoms with Gasteiger partial charge in [0.25, 0.3) is 0 Å². The molecule has 1 aromatic carbocycles. The lowest BCUT2D eigenvalue weighted by Gasteiger charge is -2.41. The maximum absolute atomic E-state index is 5.96. The molecule has 2 heterocycles. The summed E-state index contributed by atoms with van der Waals surface area (Å²) in [6.07, 6.45) is 6.77. The molecule has 1 spiro atoms. The number of likely N-dealkylation sites (tertiary alicyclic amines) is 1. The molecule has 1 N–H and O–H groups in total. The van der Waals surface area contributed by atoms with Crippen molar-refractivity contribution in [2.75, 3.05) is 46.5 Å². The molecule has 25 heavy (non-hydrogen) atoms. The molecule has 4 rings (SSSR count). The van der Waals surface area contributed by atoms with Gasteiger partial charge in [-0.1, -0.05) is 18.2 Å². The first-order valence-corrected chi connectivity index (χ1v) is 9.95. The predicted molar refractivity (Wildman–Crippen MR) is 100 cm³/mol. The molecular formula is C21H32N2O2. The molecular weight excluding hydrogens is 312 g/mol. The Bertz CT molecular complexity index is 565. The quantitative estimate of drug-likeness (QED) is 0.805. The molecule has 138 valence electrons. The zero-order valence-electron chi connectivity index (χ0n) is 15.5. The molecule has 1 saturated carbocycles. The Morgan fingerprint density at radius 2 is 1.92 bits per heavy atom. The summed E-state index contributed by atoms with van der Waals surface area (Å²) in [6, 6.07) is 9.42. The second kappa shape index (κ2) is 7.65. The van der Waals surface area contributed by atoms with Crippen LogP contribution in [-0.4, -0.2) is 57.4 Å². The predicted octanol–water partition coefficient (Wildman–Crippen LogP) is 3.03. The van der Waals surface area contributed by atoms with Gasteiger partial charge in [0.15, 0.2) is 0 Å². The molecule has 0 radical (unpaired) electrons. The van der Waals surface area contributed by atoms with E-state index in [0.717, 1.165) is 11.8 Å². The number of hydrogen-bond acceptors (Lipinski definition) is 4. The van der Waals surface area contributed by atoms with E-state index in [1.165, 1.54) is 63.8 Å². The first-order valence-electron chi connectivity index (χ1n) is 9.95. The Morgan fingerprint density at radius 3 is 2.60 bits per heavy atom. The molecule has 3 aliphatic rings. The van der Waals surface area contributed by atoms with Crippen LogP contribution in [0.4, 0.5) is 0 Å². The number of ether oxygens (including phenoxy) is 2. The van der Waals surface area contributed by atoms with Crippen molar-refractivity contribution in [3.05, 3.63) is 29.8 Å². The normalized spacial score (nSPS) is 26.7. The Kier molecular flexibility index (Phi) is 5.30. The number of para-hydroxylation sites is 1. The molecule has 2 aliphatic heterocycles. The molecule has 0 aromatic heterocycles. The summed E-state index contributed by atoms with van der Waals surface area (Å²) in [7, 11) is 1.72. The van der Waals surface area contributed by atoms with Gasteiger partial charge in [0.2, 0.25) is 0 Å². The fourth-order valence-electron chi connectivity index (χ4n) is 5.05. The van der Waals surface area contributed by atoms with Crippen LogP contribution in [0.5, 0.6) is 5.75 Å². The van der Waals surface area contributed by atoms with Crippen molar-refractivity contribution in [2.45, 2.75) is 44.1 Å². The minimum absolute atomic E-state index is 0.630. The zero-order chi connectivity index (χ0) is 17.1. The number of benzene rings is 1. The number of rotatable bonds is 6. The van der Waals surface area contributed by atoms with Crippen molar-refractivity contribution < 1.29 is 9.47 Å². The smallest absolute Gasteiger partial charge is 0.122 e. The molecule has 1 aliphatic carbocycles. The highest BCUT2D eigenvalue weighted by atomic mass is 16.5. The Morgan fingerprint density at radius 1 is 1.12 bits per heavy atom. The molecule has 1 atom stereocenters. The van der Waals surface area contributed by atoms with Crippen molar-refractivity contribution in [1.29, 1.82) is 0 Å². The molecule has 1 aromatic rings. The lowest BCUT2D eigenvalue weighted by atomic mass is 9.80. The van der Waals surface area contributed by atoms with Gasteiger partial charge in [-0.15, -0.1) is 0 Å². The number of nitrogens with one attached hydrogen (secondary N) is 1. The molecule has 0 unspecified atom stereocenters. The Hall–Kier alpha value is -1.10. The molecule has 4 nitrogen and oxygen atoms in total. The maximum Gasteiger partial charge on any atom is 0.122 e. The van der Waals surface area contributed by atoms with E-state index in [-0.39, 0.29) is 0 Å². The van der Waals surface area contributed by atoms with Crippen molar-refractivity contribution >= 4 is 0 Å². The van der Waals surface area contributed by atoms with E-state index < -0.39 is 0 Å². The van der Waals surface area contributed by atoms with Crippen molar-refractivity contribution in [2.24, 2.45) is 5.41 Å². The van der Waals surface area contributed by atoms with Crippen LogP contribution in [-0.2, 0) is 4.74 Å². The summed E-state index contributed by atoms with van der Waals surface area (Å²) >= 11 is 0. The topological polar surface area (TPSA) is 33.7 Å². The summed E-state index contributed by atoms with van der Waals surface area (Å²) in [5, 5.41) is 3.48. The van der Waals surface area contributed by atoms with Crippen LogP contribution in [0.15, 0.2) is 24.3 Å². The lowest BCUT2D eigenvalue weighted by molar-refractivity contribution is 0.119. The Balaban J connectivity index is 1.33. The fourth-order valence-corrected chi connectivity index (χ4v) is 5.05. The van der Waals surface area contributed by atoms with Crippen molar-refractivity contribution in [1.82, 2.24) is 10.2 Å². The van der Waals surface area contributed by atoms with Crippen LogP contribution in [0.2, 0.25) is 0 Å². The molecule has 2 saturated heterocycles. The highest BCUT2D eigenvalue weighted by molar-refractivity contribution is 5.36. The third-order valence-corrected chi connectivity index (χ3v) is 6.63. The van der Waals surface area contributed by atoms with Crippen LogP contribution in [0.3, 0.4) is 0 Å². The van der Waals surface area contributed by atoms with Crippen LogP contribution in [0.1, 0.15) is 43.6 Å². The van der Waals surface area contributed by atoms with Gasteiger partial charge in [-0.05, 0) is 68.2 Å². The first kappa shape index (κ1) is 17.3. The van der Waals surface area contributed by atoms with Crippen LogP contribution in [0, 0.1) is 5.41 Å².